The third-order valence-corrected chi connectivity index (χ3v) is 9.30. The SMILES string of the molecule is OC[C@@H]1O[C@H](CN2C[C@@H](O)[C@@H](OCc3ccccc3)[C@H](OCc3ccccc3)[C@@H]2CO)[C@@H](OCc2ccccc2)[C@@H]1OCc1ccccc1. The van der Waals surface area contributed by atoms with Crippen LogP contribution < -0.4 is 0 Å². The number of aliphatic hydroxyl groups is 3. The molecule has 0 saturated carbocycles. The van der Waals surface area contributed by atoms with Gasteiger partial charge in [-0.15, -0.1) is 0 Å². The molecule has 8 atom stereocenters. The van der Waals surface area contributed by atoms with E-state index in [4.69, 9.17) is 23.7 Å². The minimum atomic E-state index is -0.906. The minimum Gasteiger partial charge on any atom is -0.395 e. The normalized spacial score (nSPS) is 27.3. The van der Waals surface area contributed by atoms with Crippen LogP contribution >= 0.6 is 0 Å². The summed E-state index contributed by atoms with van der Waals surface area (Å²) in [7, 11) is 0. The van der Waals surface area contributed by atoms with Gasteiger partial charge in [0.05, 0.1) is 57.9 Å². The fourth-order valence-corrected chi connectivity index (χ4v) is 6.76. The topological polar surface area (TPSA) is 110 Å². The van der Waals surface area contributed by atoms with Crippen molar-refractivity contribution in [2.24, 2.45) is 0 Å². The van der Waals surface area contributed by atoms with E-state index < -0.39 is 48.8 Å². The fourth-order valence-electron chi connectivity index (χ4n) is 6.76. The molecule has 6 rings (SSSR count). The molecule has 49 heavy (non-hydrogen) atoms. The van der Waals surface area contributed by atoms with Crippen LogP contribution in [0.1, 0.15) is 22.3 Å². The number of rotatable bonds is 16. The highest BCUT2D eigenvalue weighted by atomic mass is 16.6. The first-order chi connectivity index (χ1) is 24.1. The van der Waals surface area contributed by atoms with E-state index in [2.05, 4.69) is 0 Å². The zero-order chi connectivity index (χ0) is 33.8. The second-order valence-electron chi connectivity index (χ2n) is 12.7. The Morgan fingerprint density at radius 2 is 0.898 bits per heavy atom. The van der Waals surface area contributed by atoms with Gasteiger partial charge in [0.1, 0.15) is 30.5 Å². The van der Waals surface area contributed by atoms with Crippen molar-refractivity contribution < 1.29 is 39.0 Å². The lowest BCUT2D eigenvalue weighted by atomic mass is 9.92. The van der Waals surface area contributed by atoms with Gasteiger partial charge in [-0.2, -0.15) is 0 Å². The van der Waals surface area contributed by atoms with Gasteiger partial charge in [0.15, 0.2) is 0 Å². The van der Waals surface area contributed by atoms with Crippen molar-refractivity contribution in [1.82, 2.24) is 4.90 Å². The smallest absolute Gasteiger partial charge is 0.115 e. The Morgan fingerprint density at radius 1 is 0.510 bits per heavy atom. The lowest BCUT2D eigenvalue weighted by Gasteiger charge is -2.47. The molecule has 9 heteroatoms. The highest BCUT2D eigenvalue weighted by Crippen LogP contribution is 2.32. The van der Waals surface area contributed by atoms with Crippen LogP contribution in [0.5, 0.6) is 0 Å². The second kappa shape index (κ2) is 18.0. The van der Waals surface area contributed by atoms with Gasteiger partial charge in [-0.05, 0) is 22.3 Å². The first-order valence-corrected chi connectivity index (χ1v) is 17.0. The number of benzene rings is 4. The average Bonchev–Trinajstić information content (AvgIpc) is 3.49. The summed E-state index contributed by atoms with van der Waals surface area (Å²) in [4.78, 5) is 2.00. The summed E-state index contributed by atoms with van der Waals surface area (Å²) >= 11 is 0. The van der Waals surface area contributed by atoms with Crippen LogP contribution in [0.3, 0.4) is 0 Å². The Kier molecular flexibility index (Phi) is 13.0. The van der Waals surface area contributed by atoms with Crippen molar-refractivity contribution in [3.8, 4) is 0 Å². The van der Waals surface area contributed by atoms with Crippen molar-refractivity contribution >= 4 is 0 Å². The molecular formula is C40H47NO8. The standard InChI is InChI=1S/C40H47NO8/c42-23-33-37(45-25-29-13-5-1-6-14-29)38(46-26-30-15-7-2-8-16-30)34(44)21-41(33)22-35-39(47-27-31-17-9-3-10-18-31)40(36(24-43)49-35)48-28-32-19-11-4-12-20-32/h1-20,33-40,42-44H,21-28H2/t33-,34+,35+,36-,37+,38+,39+,40+/m0/s1. The summed E-state index contributed by atoms with van der Waals surface area (Å²) in [6.45, 7) is 1.31. The molecule has 0 radical (unpaired) electrons. The molecule has 0 amide bonds. The van der Waals surface area contributed by atoms with Crippen LogP contribution in [-0.4, -0.2) is 95.3 Å². The predicted molar refractivity (Wildman–Crippen MR) is 184 cm³/mol. The third kappa shape index (κ3) is 9.40. The number of hydrogen-bond acceptors (Lipinski definition) is 9. The fraction of sp³-hybridized carbons (Fsp3) is 0.400. The molecule has 0 bridgehead atoms. The van der Waals surface area contributed by atoms with Gasteiger partial charge in [-0.25, -0.2) is 0 Å². The number of β-amino-alcohol motifs (C(OH)–C–C–N with tert-alkyl or cyclic N) is 1. The molecule has 2 heterocycles. The molecule has 2 fully saturated rings. The Balaban J connectivity index is 1.22. The summed E-state index contributed by atoms with van der Waals surface area (Å²) in [5.74, 6) is 0. The molecule has 0 spiro atoms. The van der Waals surface area contributed by atoms with E-state index in [1.165, 1.54) is 0 Å². The van der Waals surface area contributed by atoms with Gasteiger partial charge >= 0.3 is 0 Å². The minimum absolute atomic E-state index is 0.223. The maximum atomic E-state index is 11.6. The number of piperidine rings is 1. The van der Waals surface area contributed by atoms with Gasteiger partial charge in [-0.1, -0.05) is 121 Å². The lowest BCUT2D eigenvalue weighted by Crippen LogP contribution is -2.65. The van der Waals surface area contributed by atoms with Crippen molar-refractivity contribution in [3.63, 3.8) is 0 Å². The predicted octanol–water partition coefficient (Wildman–Crippen LogP) is 4.13. The van der Waals surface area contributed by atoms with E-state index >= 15 is 0 Å². The number of hydrogen-bond donors (Lipinski definition) is 3. The second-order valence-corrected chi connectivity index (χ2v) is 12.7. The summed E-state index contributed by atoms with van der Waals surface area (Å²) in [5.41, 5.74) is 3.97. The third-order valence-electron chi connectivity index (χ3n) is 9.30. The average molecular weight is 670 g/mol. The van der Waals surface area contributed by atoms with E-state index in [0.29, 0.717) is 33.0 Å². The zero-order valence-electron chi connectivity index (χ0n) is 27.7. The quantitative estimate of drug-likeness (QED) is 0.162. The first-order valence-electron chi connectivity index (χ1n) is 17.0. The Bertz CT molecular complexity index is 1500. The largest absolute Gasteiger partial charge is 0.395 e. The molecule has 4 aromatic carbocycles. The van der Waals surface area contributed by atoms with Gasteiger partial charge in [0.2, 0.25) is 0 Å². The maximum Gasteiger partial charge on any atom is 0.115 e. The van der Waals surface area contributed by atoms with Crippen molar-refractivity contribution in [2.75, 3.05) is 26.3 Å². The zero-order valence-corrected chi connectivity index (χ0v) is 27.7. The Morgan fingerprint density at radius 3 is 1.31 bits per heavy atom. The van der Waals surface area contributed by atoms with Gasteiger partial charge in [0, 0.05) is 13.1 Å². The van der Waals surface area contributed by atoms with E-state index in [-0.39, 0.29) is 19.8 Å². The molecular weight excluding hydrogens is 622 g/mol. The molecule has 2 aliphatic heterocycles. The van der Waals surface area contributed by atoms with Gasteiger partial charge in [0.25, 0.3) is 0 Å². The van der Waals surface area contributed by atoms with Crippen molar-refractivity contribution in [1.29, 1.82) is 0 Å². The van der Waals surface area contributed by atoms with E-state index in [1.54, 1.807) is 0 Å². The molecule has 3 N–H and O–H groups in total. The molecule has 2 saturated heterocycles. The lowest BCUT2D eigenvalue weighted by molar-refractivity contribution is -0.199. The molecule has 2 aliphatic rings. The first kappa shape index (κ1) is 35.3. The molecule has 0 unspecified atom stereocenters. The van der Waals surface area contributed by atoms with Gasteiger partial charge in [-0.3, -0.25) is 4.90 Å². The highest BCUT2D eigenvalue weighted by molar-refractivity contribution is 5.17. The van der Waals surface area contributed by atoms with Crippen LogP contribution in [0.15, 0.2) is 121 Å². The summed E-state index contributed by atoms with van der Waals surface area (Å²) in [5, 5.41) is 32.9. The molecule has 0 aliphatic carbocycles. The van der Waals surface area contributed by atoms with Crippen LogP contribution in [0.4, 0.5) is 0 Å². The van der Waals surface area contributed by atoms with Gasteiger partial charge < -0.3 is 39.0 Å². The van der Waals surface area contributed by atoms with E-state index in [9.17, 15) is 15.3 Å². The maximum absolute atomic E-state index is 11.6. The Hall–Kier alpha value is -3.48. The Labute approximate surface area is 288 Å². The number of aliphatic hydroxyl groups excluding tert-OH is 3. The summed E-state index contributed by atoms with van der Waals surface area (Å²) < 4.78 is 32.3. The molecule has 260 valence electrons. The molecule has 9 nitrogen and oxygen atoms in total. The number of nitrogens with zero attached hydrogens (tertiary/aromatic N) is 1. The van der Waals surface area contributed by atoms with Crippen molar-refractivity contribution in [3.05, 3.63) is 144 Å². The van der Waals surface area contributed by atoms with E-state index in [1.807, 2.05) is 126 Å². The summed E-state index contributed by atoms with van der Waals surface area (Å²) in [6.07, 6.45) is -4.47. The molecule has 0 aromatic heterocycles. The van der Waals surface area contributed by atoms with E-state index in [0.717, 1.165) is 22.3 Å². The summed E-state index contributed by atoms with van der Waals surface area (Å²) in [6, 6.07) is 38.9. The van der Waals surface area contributed by atoms with Crippen molar-refractivity contribution in [2.45, 2.75) is 75.2 Å². The molecule has 4 aromatic rings. The highest BCUT2D eigenvalue weighted by Gasteiger charge is 2.50. The van der Waals surface area contributed by atoms with Crippen LogP contribution in [0.2, 0.25) is 0 Å². The van der Waals surface area contributed by atoms with Crippen LogP contribution in [-0.2, 0) is 50.1 Å². The number of ether oxygens (including phenoxy) is 5. The number of likely N-dealkylation sites (tertiary alicyclic amines) is 1. The van der Waals surface area contributed by atoms with Crippen LogP contribution in [0.25, 0.3) is 0 Å². The van der Waals surface area contributed by atoms with Crippen LogP contribution in [0, 0.1) is 0 Å². The monoisotopic (exact) mass is 669 g/mol.